The van der Waals surface area contributed by atoms with Crippen molar-refractivity contribution in [3.05, 3.63) is 36.7 Å². The number of hydrogen-bond donors (Lipinski definition) is 1. The summed E-state index contributed by atoms with van der Waals surface area (Å²) in [7, 11) is 0. The van der Waals surface area contributed by atoms with E-state index in [0.717, 1.165) is 0 Å². The monoisotopic (exact) mass is 228 g/mol. The quantitative estimate of drug-likeness (QED) is 0.857. The van der Waals surface area contributed by atoms with Crippen LogP contribution in [0.4, 0.5) is 13.2 Å². The number of nitrogens with zero attached hydrogens (tertiary/aromatic N) is 1. The van der Waals surface area contributed by atoms with Crippen molar-refractivity contribution in [2.45, 2.75) is 6.36 Å². The van der Waals surface area contributed by atoms with Crippen LogP contribution in [0.15, 0.2) is 36.7 Å². The maximum absolute atomic E-state index is 12.0. The number of aromatic nitrogens is 2. The van der Waals surface area contributed by atoms with Gasteiger partial charge in [0.2, 0.25) is 0 Å². The largest absolute Gasteiger partial charge is 0.573 e. The molecule has 0 unspecified atom stereocenters. The highest BCUT2D eigenvalue weighted by molar-refractivity contribution is 5.57. The number of H-pyrrole nitrogens is 1. The van der Waals surface area contributed by atoms with Crippen LogP contribution < -0.4 is 4.74 Å². The molecule has 1 N–H and O–H groups in total. The normalized spacial score (nSPS) is 11.4. The molecule has 0 spiro atoms. The standard InChI is InChI=1S/C10H7F3N2O/c11-10(12,13)16-8-3-1-2-7(6-8)9-14-4-5-15-9/h1-6H,(H,14,15). The van der Waals surface area contributed by atoms with Crippen LogP contribution in [-0.2, 0) is 0 Å². The molecule has 1 aromatic heterocycles. The Hall–Kier alpha value is -1.98. The summed E-state index contributed by atoms with van der Waals surface area (Å²) in [5.41, 5.74) is 0.534. The summed E-state index contributed by atoms with van der Waals surface area (Å²) in [4.78, 5) is 6.73. The summed E-state index contributed by atoms with van der Waals surface area (Å²) in [6.07, 6.45) is -1.57. The number of rotatable bonds is 2. The third-order valence-corrected chi connectivity index (χ3v) is 1.84. The first-order chi connectivity index (χ1) is 7.54. The van der Waals surface area contributed by atoms with Gasteiger partial charge in [-0.1, -0.05) is 12.1 Å². The van der Waals surface area contributed by atoms with Crippen LogP contribution >= 0.6 is 0 Å². The fraction of sp³-hybridized carbons (Fsp3) is 0.100. The lowest BCUT2D eigenvalue weighted by Crippen LogP contribution is -2.17. The molecule has 0 aliphatic carbocycles. The lowest BCUT2D eigenvalue weighted by Gasteiger charge is -2.09. The van der Waals surface area contributed by atoms with Crippen LogP contribution in [0.3, 0.4) is 0 Å². The second-order valence-corrected chi connectivity index (χ2v) is 3.01. The van der Waals surface area contributed by atoms with Crippen molar-refractivity contribution >= 4 is 0 Å². The lowest BCUT2D eigenvalue weighted by molar-refractivity contribution is -0.274. The predicted octanol–water partition coefficient (Wildman–Crippen LogP) is 2.98. The average Bonchev–Trinajstić information content (AvgIpc) is 2.68. The molecule has 1 aromatic carbocycles. The average molecular weight is 228 g/mol. The van der Waals surface area contributed by atoms with E-state index in [4.69, 9.17) is 0 Å². The number of hydrogen-bond acceptors (Lipinski definition) is 2. The maximum Gasteiger partial charge on any atom is 0.573 e. The maximum atomic E-state index is 12.0. The Labute approximate surface area is 88.9 Å². The minimum absolute atomic E-state index is 0.263. The molecule has 0 atom stereocenters. The second kappa shape index (κ2) is 3.88. The van der Waals surface area contributed by atoms with Crippen LogP contribution in [0.1, 0.15) is 0 Å². The fourth-order valence-corrected chi connectivity index (χ4v) is 1.26. The summed E-state index contributed by atoms with van der Waals surface area (Å²) in [6.45, 7) is 0. The van der Waals surface area contributed by atoms with Gasteiger partial charge in [0.05, 0.1) is 0 Å². The van der Waals surface area contributed by atoms with Crippen molar-refractivity contribution in [1.29, 1.82) is 0 Å². The highest BCUT2D eigenvalue weighted by Gasteiger charge is 2.31. The van der Waals surface area contributed by atoms with Gasteiger partial charge in [-0.3, -0.25) is 0 Å². The van der Waals surface area contributed by atoms with Crippen molar-refractivity contribution in [3.63, 3.8) is 0 Å². The first-order valence-corrected chi connectivity index (χ1v) is 4.40. The first-order valence-electron chi connectivity index (χ1n) is 4.40. The fourth-order valence-electron chi connectivity index (χ4n) is 1.26. The van der Waals surface area contributed by atoms with Gasteiger partial charge in [0.15, 0.2) is 0 Å². The minimum atomic E-state index is -4.68. The van der Waals surface area contributed by atoms with Gasteiger partial charge in [-0.2, -0.15) is 0 Å². The van der Waals surface area contributed by atoms with Gasteiger partial charge < -0.3 is 9.72 Å². The highest BCUT2D eigenvalue weighted by Crippen LogP contribution is 2.26. The van der Waals surface area contributed by atoms with Gasteiger partial charge in [0.25, 0.3) is 0 Å². The van der Waals surface area contributed by atoms with Crippen molar-refractivity contribution in [3.8, 4) is 17.1 Å². The molecule has 0 bridgehead atoms. The molecular formula is C10H7F3N2O. The summed E-state index contributed by atoms with van der Waals surface area (Å²) >= 11 is 0. The molecule has 0 aliphatic heterocycles. The first kappa shape index (κ1) is 10.5. The molecule has 1 heterocycles. The Morgan fingerprint density at radius 2 is 2.06 bits per heavy atom. The number of alkyl halides is 3. The molecule has 0 aliphatic rings. The van der Waals surface area contributed by atoms with E-state index in [1.165, 1.54) is 24.4 Å². The Kier molecular flexibility index (Phi) is 2.55. The van der Waals surface area contributed by atoms with Crippen LogP contribution in [0, 0.1) is 0 Å². The van der Waals surface area contributed by atoms with E-state index < -0.39 is 6.36 Å². The molecule has 84 valence electrons. The molecule has 6 heteroatoms. The number of aromatic amines is 1. The van der Waals surface area contributed by atoms with Gasteiger partial charge in [0, 0.05) is 18.0 Å². The number of nitrogens with one attached hydrogen (secondary N) is 1. The molecule has 0 saturated carbocycles. The van der Waals surface area contributed by atoms with E-state index >= 15 is 0 Å². The van der Waals surface area contributed by atoms with E-state index in [9.17, 15) is 13.2 Å². The van der Waals surface area contributed by atoms with E-state index in [-0.39, 0.29) is 5.75 Å². The Bertz CT molecular complexity index is 465. The summed E-state index contributed by atoms with van der Waals surface area (Å²) in [5, 5.41) is 0. The minimum Gasteiger partial charge on any atom is -0.406 e. The van der Waals surface area contributed by atoms with Crippen molar-refractivity contribution < 1.29 is 17.9 Å². The Morgan fingerprint density at radius 3 is 2.69 bits per heavy atom. The zero-order valence-electron chi connectivity index (χ0n) is 7.95. The SMILES string of the molecule is FC(F)(F)Oc1cccc(-c2ncc[nH]2)c1. The Morgan fingerprint density at radius 1 is 1.25 bits per heavy atom. The van der Waals surface area contributed by atoms with Crippen LogP contribution in [-0.4, -0.2) is 16.3 Å². The predicted molar refractivity (Wildman–Crippen MR) is 50.7 cm³/mol. The second-order valence-electron chi connectivity index (χ2n) is 3.01. The smallest absolute Gasteiger partial charge is 0.406 e. The van der Waals surface area contributed by atoms with Crippen LogP contribution in [0.2, 0.25) is 0 Å². The number of ether oxygens (including phenoxy) is 1. The third-order valence-electron chi connectivity index (χ3n) is 1.84. The molecule has 3 nitrogen and oxygen atoms in total. The summed E-state index contributed by atoms with van der Waals surface area (Å²) < 4.78 is 39.7. The lowest BCUT2D eigenvalue weighted by atomic mass is 10.2. The molecular weight excluding hydrogens is 221 g/mol. The van der Waals surface area contributed by atoms with Gasteiger partial charge in [-0.25, -0.2) is 4.98 Å². The number of imidazole rings is 1. The topological polar surface area (TPSA) is 37.9 Å². The number of halogens is 3. The van der Waals surface area contributed by atoms with E-state index in [0.29, 0.717) is 11.4 Å². The molecule has 0 amide bonds. The molecule has 2 aromatic rings. The molecule has 16 heavy (non-hydrogen) atoms. The van der Waals surface area contributed by atoms with Gasteiger partial charge in [-0.05, 0) is 12.1 Å². The Balaban J connectivity index is 2.27. The van der Waals surface area contributed by atoms with E-state index in [1.807, 2.05) is 0 Å². The van der Waals surface area contributed by atoms with Crippen molar-refractivity contribution in [1.82, 2.24) is 9.97 Å². The molecule has 2 rings (SSSR count). The molecule has 0 saturated heterocycles. The van der Waals surface area contributed by atoms with Crippen LogP contribution in [0.25, 0.3) is 11.4 Å². The van der Waals surface area contributed by atoms with Crippen molar-refractivity contribution in [2.75, 3.05) is 0 Å². The number of benzene rings is 1. The van der Waals surface area contributed by atoms with Gasteiger partial charge >= 0.3 is 6.36 Å². The van der Waals surface area contributed by atoms with Gasteiger partial charge in [0.1, 0.15) is 11.6 Å². The zero-order valence-corrected chi connectivity index (χ0v) is 7.95. The third kappa shape index (κ3) is 2.53. The molecule has 0 fully saturated rings. The summed E-state index contributed by atoms with van der Waals surface area (Å²) in [5.74, 6) is 0.231. The van der Waals surface area contributed by atoms with E-state index in [1.54, 1.807) is 12.3 Å². The van der Waals surface area contributed by atoms with Crippen molar-refractivity contribution in [2.24, 2.45) is 0 Å². The highest BCUT2D eigenvalue weighted by atomic mass is 19.4. The zero-order chi connectivity index (χ0) is 11.6. The molecule has 0 radical (unpaired) electrons. The van der Waals surface area contributed by atoms with Gasteiger partial charge in [-0.15, -0.1) is 13.2 Å². The van der Waals surface area contributed by atoms with E-state index in [2.05, 4.69) is 14.7 Å². The van der Waals surface area contributed by atoms with Crippen LogP contribution in [0.5, 0.6) is 5.75 Å². The summed E-state index contributed by atoms with van der Waals surface area (Å²) in [6, 6.07) is 5.62.